The molecule has 1 heterocycles. The summed E-state index contributed by atoms with van der Waals surface area (Å²) < 4.78 is 5.57. The molecule has 1 rings (SSSR count). The summed E-state index contributed by atoms with van der Waals surface area (Å²) in [6.45, 7) is 10.8. The first-order valence-electron chi connectivity index (χ1n) is 6.63. The Morgan fingerprint density at radius 3 is 2.38 bits per heavy atom. The highest BCUT2D eigenvalue weighted by Crippen LogP contribution is 2.23. The summed E-state index contributed by atoms with van der Waals surface area (Å²) in [6.07, 6.45) is 4.07. The molecule has 0 aromatic rings. The Hall–Kier alpha value is -0.120. The van der Waals surface area contributed by atoms with Gasteiger partial charge in [0, 0.05) is 18.2 Å². The van der Waals surface area contributed by atoms with Gasteiger partial charge in [-0.25, -0.2) is 0 Å². The van der Waals surface area contributed by atoms with Gasteiger partial charge >= 0.3 is 0 Å². The van der Waals surface area contributed by atoms with Crippen molar-refractivity contribution >= 4 is 0 Å². The molecular formula is C13H28N2O. The molecule has 1 aliphatic heterocycles. The smallest absolute Gasteiger partial charge is 0.0637 e. The molecule has 96 valence electrons. The minimum Gasteiger partial charge on any atom is -0.380 e. The molecule has 0 amide bonds. The summed E-state index contributed by atoms with van der Waals surface area (Å²) in [6, 6.07) is 0.408. The van der Waals surface area contributed by atoms with E-state index < -0.39 is 0 Å². The van der Waals surface area contributed by atoms with Crippen LogP contribution in [0.15, 0.2) is 0 Å². The van der Waals surface area contributed by atoms with Gasteiger partial charge in [-0.05, 0) is 53.8 Å². The number of ether oxygens (including phenoxy) is 1. The maximum atomic E-state index is 5.57. The van der Waals surface area contributed by atoms with E-state index in [1.165, 1.54) is 32.4 Å². The molecule has 1 unspecified atom stereocenters. The number of likely N-dealkylation sites (N-methyl/N-ethyl adjacent to an activating group) is 1. The molecule has 1 fully saturated rings. The number of nitrogens with zero attached hydrogens (tertiary/aromatic N) is 1. The van der Waals surface area contributed by atoms with Gasteiger partial charge in [0.1, 0.15) is 0 Å². The summed E-state index contributed by atoms with van der Waals surface area (Å²) in [5.74, 6) is 0. The number of rotatable bonds is 6. The third-order valence-electron chi connectivity index (χ3n) is 3.86. The summed E-state index contributed by atoms with van der Waals surface area (Å²) in [4.78, 5) is 2.61. The Labute approximate surface area is 101 Å². The summed E-state index contributed by atoms with van der Waals surface area (Å²) in [7, 11) is 2.04. The van der Waals surface area contributed by atoms with Gasteiger partial charge in [-0.15, -0.1) is 0 Å². The highest BCUT2D eigenvalue weighted by Gasteiger charge is 2.35. The zero-order valence-corrected chi connectivity index (χ0v) is 11.4. The van der Waals surface area contributed by atoms with E-state index in [2.05, 4.69) is 31.0 Å². The molecule has 0 aromatic carbocycles. The molecule has 0 radical (unpaired) electrons. The van der Waals surface area contributed by atoms with Crippen LogP contribution in [0.5, 0.6) is 0 Å². The fraction of sp³-hybridized carbons (Fsp3) is 1.00. The molecule has 1 N–H and O–H groups in total. The average molecular weight is 228 g/mol. The highest BCUT2D eigenvalue weighted by molar-refractivity contribution is 4.94. The second-order valence-corrected chi connectivity index (χ2v) is 5.20. The van der Waals surface area contributed by atoms with Crippen LogP contribution in [0.25, 0.3) is 0 Å². The standard InChI is InChI=1S/C13H28N2O/c1-5-16-11-12(14-4)13(2,3)15-9-7-6-8-10-15/h12,14H,5-11H2,1-4H3. The van der Waals surface area contributed by atoms with Gasteiger partial charge in [-0.3, -0.25) is 4.90 Å². The Balaban J connectivity index is 2.56. The van der Waals surface area contributed by atoms with E-state index in [0.29, 0.717) is 6.04 Å². The highest BCUT2D eigenvalue weighted by atomic mass is 16.5. The molecule has 16 heavy (non-hydrogen) atoms. The van der Waals surface area contributed by atoms with Gasteiger partial charge in [0.15, 0.2) is 0 Å². The third kappa shape index (κ3) is 3.44. The van der Waals surface area contributed by atoms with Crippen molar-refractivity contribution in [2.24, 2.45) is 0 Å². The van der Waals surface area contributed by atoms with Crippen molar-refractivity contribution in [1.82, 2.24) is 10.2 Å². The minimum atomic E-state index is 0.185. The summed E-state index contributed by atoms with van der Waals surface area (Å²) in [5.41, 5.74) is 0.185. The van der Waals surface area contributed by atoms with Crippen molar-refractivity contribution in [3.05, 3.63) is 0 Å². The Morgan fingerprint density at radius 2 is 1.88 bits per heavy atom. The van der Waals surface area contributed by atoms with E-state index in [9.17, 15) is 0 Å². The molecule has 1 atom stereocenters. The lowest BCUT2D eigenvalue weighted by atomic mass is 9.90. The van der Waals surface area contributed by atoms with Crippen LogP contribution in [0.3, 0.4) is 0 Å². The average Bonchev–Trinajstić information content (AvgIpc) is 2.31. The zero-order chi connectivity index (χ0) is 12.0. The van der Waals surface area contributed by atoms with Crippen molar-refractivity contribution in [3.8, 4) is 0 Å². The van der Waals surface area contributed by atoms with Crippen LogP contribution >= 0.6 is 0 Å². The number of hydrogen-bond acceptors (Lipinski definition) is 3. The van der Waals surface area contributed by atoms with Gasteiger partial charge < -0.3 is 10.1 Å². The maximum absolute atomic E-state index is 5.57. The van der Waals surface area contributed by atoms with Crippen molar-refractivity contribution < 1.29 is 4.74 Å². The van der Waals surface area contributed by atoms with Gasteiger partial charge in [0.2, 0.25) is 0 Å². The molecule has 0 aliphatic carbocycles. The molecule has 1 aliphatic rings. The number of likely N-dealkylation sites (tertiary alicyclic amines) is 1. The van der Waals surface area contributed by atoms with Crippen molar-refractivity contribution in [2.45, 2.75) is 51.6 Å². The first-order valence-corrected chi connectivity index (χ1v) is 6.63. The second-order valence-electron chi connectivity index (χ2n) is 5.20. The summed E-state index contributed by atoms with van der Waals surface area (Å²) >= 11 is 0. The first kappa shape index (κ1) is 13.9. The largest absolute Gasteiger partial charge is 0.380 e. The monoisotopic (exact) mass is 228 g/mol. The van der Waals surface area contributed by atoms with E-state index in [-0.39, 0.29) is 5.54 Å². The molecule has 0 spiro atoms. The van der Waals surface area contributed by atoms with Crippen molar-refractivity contribution in [1.29, 1.82) is 0 Å². The molecule has 0 bridgehead atoms. The lowest BCUT2D eigenvalue weighted by molar-refractivity contribution is 0.0209. The van der Waals surface area contributed by atoms with Crippen LogP contribution in [0.4, 0.5) is 0 Å². The fourth-order valence-electron chi connectivity index (χ4n) is 2.57. The number of hydrogen-bond donors (Lipinski definition) is 1. The first-order chi connectivity index (χ1) is 7.62. The van der Waals surface area contributed by atoms with E-state index in [4.69, 9.17) is 4.74 Å². The Kier molecular flexibility index (Phi) is 5.73. The lowest BCUT2D eigenvalue weighted by Crippen LogP contribution is -2.60. The van der Waals surface area contributed by atoms with Gasteiger partial charge in [0.05, 0.1) is 6.61 Å². The maximum Gasteiger partial charge on any atom is 0.0637 e. The number of nitrogens with one attached hydrogen (secondary N) is 1. The normalized spacial score (nSPS) is 21.0. The van der Waals surface area contributed by atoms with Crippen molar-refractivity contribution in [2.75, 3.05) is 33.4 Å². The van der Waals surface area contributed by atoms with E-state index in [1.54, 1.807) is 0 Å². The lowest BCUT2D eigenvalue weighted by Gasteiger charge is -2.45. The fourth-order valence-corrected chi connectivity index (χ4v) is 2.57. The van der Waals surface area contributed by atoms with Crippen molar-refractivity contribution in [3.63, 3.8) is 0 Å². The van der Waals surface area contributed by atoms with Crippen LogP contribution < -0.4 is 5.32 Å². The molecule has 1 saturated heterocycles. The van der Waals surface area contributed by atoms with Crippen LogP contribution in [0.2, 0.25) is 0 Å². The van der Waals surface area contributed by atoms with E-state index >= 15 is 0 Å². The quantitative estimate of drug-likeness (QED) is 0.751. The molecule has 3 heteroatoms. The third-order valence-corrected chi connectivity index (χ3v) is 3.86. The predicted molar refractivity (Wildman–Crippen MR) is 68.8 cm³/mol. The molecule has 3 nitrogen and oxygen atoms in total. The van der Waals surface area contributed by atoms with Crippen LogP contribution in [-0.2, 0) is 4.74 Å². The Bertz CT molecular complexity index is 188. The van der Waals surface area contributed by atoms with Gasteiger partial charge in [-0.2, -0.15) is 0 Å². The summed E-state index contributed by atoms with van der Waals surface area (Å²) in [5, 5.41) is 3.41. The van der Waals surface area contributed by atoms with E-state index in [0.717, 1.165) is 13.2 Å². The number of piperidine rings is 1. The predicted octanol–water partition coefficient (Wildman–Crippen LogP) is 1.88. The van der Waals surface area contributed by atoms with Gasteiger partial charge in [0.25, 0.3) is 0 Å². The van der Waals surface area contributed by atoms with Crippen LogP contribution in [0.1, 0.15) is 40.0 Å². The second kappa shape index (κ2) is 6.58. The zero-order valence-electron chi connectivity index (χ0n) is 11.4. The molecular weight excluding hydrogens is 200 g/mol. The Morgan fingerprint density at radius 1 is 1.25 bits per heavy atom. The van der Waals surface area contributed by atoms with Gasteiger partial charge in [-0.1, -0.05) is 6.42 Å². The SMILES string of the molecule is CCOCC(NC)C(C)(C)N1CCCCC1. The molecule has 0 aromatic heterocycles. The van der Waals surface area contributed by atoms with E-state index in [1.807, 2.05) is 7.05 Å². The molecule has 0 saturated carbocycles. The minimum absolute atomic E-state index is 0.185. The van der Waals surface area contributed by atoms with Crippen LogP contribution in [0, 0.1) is 0 Å². The topological polar surface area (TPSA) is 24.5 Å². The van der Waals surface area contributed by atoms with Crippen LogP contribution in [-0.4, -0.2) is 49.8 Å².